The molecule has 57 heavy (non-hydrogen) atoms. The molecule has 0 aliphatic heterocycles. The van der Waals surface area contributed by atoms with Gasteiger partial charge in [0.2, 0.25) is 0 Å². The Bertz CT molecular complexity index is 4150. The molecule has 0 spiro atoms. The topological polar surface area (TPSA) is 16.4 Å². The number of furan rings is 1. The Balaban J connectivity index is 1.24. The number of anilines is 3. The van der Waals surface area contributed by atoms with Crippen LogP contribution in [0.4, 0.5) is 17.1 Å². The van der Waals surface area contributed by atoms with Gasteiger partial charge in [0.05, 0.1) is 24.9 Å². The molecule has 1 aliphatic rings. The first kappa shape index (κ1) is 18.7. The lowest BCUT2D eigenvalue weighted by Gasteiger charge is -2.28. The Morgan fingerprint density at radius 3 is 2.05 bits per heavy atom. The molecule has 0 atom stereocenters. The van der Waals surface area contributed by atoms with E-state index in [2.05, 4.69) is 0 Å². The van der Waals surface area contributed by atoms with Crippen molar-refractivity contribution in [3.05, 3.63) is 211 Å². The minimum atomic E-state index is -3.75. The molecule has 9 aromatic carbocycles. The minimum Gasteiger partial charge on any atom is -0.454 e. The van der Waals surface area contributed by atoms with E-state index in [-0.39, 0.29) is 16.5 Å². The average Bonchev–Trinajstić information content (AvgIpc) is 3.69. The van der Waals surface area contributed by atoms with Crippen LogP contribution < -0.4 is 4.90 Å². The number of rotatable bonds is 6. The van der Waals surface area contributed by atoms with Gasteiger partial charge in [0.1, 0.15) is 5.58 Å². The summed E-state index contributed by atoms with van der Waals surface area (Å²) in [5, 5.41) is 1.15. The Labute approximate surface area is 361 Å². The van der Waals surface area contributed by atoms with Crippen LogP contribution in [-0.2, 0) is 5.41 Å². The van der Waals surface area contributed by atoms with E-state index in [1.165, 1.54) is 12.1 Å². The van der Waals surface area contributed by atoms with Crippen LogP contribution in [0.15, 0.2) is 204 Å². The Morgan fingerprint density at radius 2 is 1.19 bits per heavy atom. The van der Waals surface area contributed by atoms with Gasteiger partial charge >= 0.3 is 0 Å². The lowest BCUT2D eigenvalue weighted by atomic mass is 9.82. The zero-order chi connectivity index (χ0) is 55.3. The molecule has 11 rings (SSSR count). The van der Waals surface area contributed by atoms with Crippen LogP contribution in [-0.4, -0.2) is 0 Å². The van der Waals surface area contributed by atoms with Crippen molar-refractivity contribution in [3.8, 4) is 44.5 Å². The van der Waals surface area contributed by atoms with Crippen molar-refractivity contribution in [2.45, 2.75) is 19.1 Å². The summed E-state index contributed by atoms with van der Waals surface area (Å²) in [6, 6.07) is 24.2. The first-order valence-corrected chi connectivity index (χ1v) is 18.1. The Morgan fingerprint density at radius 1 is 0.491 bits per heavy atom. The Kier molecular flexibility index (Phi) is 4.24. The molecule has 0 bridgehead atoms. The molecule has 0 amide bonds. The maximum Gasteiger partial charge on any atom is 0.159 e. The van der Waals surface area contributed by atoms with Gasteiger partial charge in [-0.1, -0.05) is 177 Å². The van der Waals surface area contributed by atoms with Crippen molar-refractivity contribution in [1.82, 2.24) is 0 Å². The fraction of sp³-hybridized carbons (Fsp3) is 0.0545. The molecule has 1 aromatic heterocycles. The van der Waals surface area contributed by atoms with Crippen molar-refractivity contribution in [2.24, 2.45) is 0 Å². The third-order valence-electron chi connectivity index (χ3n) is 10.5. The summed E-state index contributed by atoms with van der Waals surface area (Å²) in [6.07, 6.45) is 0. The van der Waals surface area contributed by atoms with Gasteiger partial charge in [0, 0.05) is 35.8 Å². The van der Waals surface area contributed by atoms with Gasteiger partial charge in [-0.25, -0.2) is 0 Å². The monoisotopic (exact) mass is 749 g/mol. The molecule has 270 valence electrons. The van der Waals surface area contributed by atoms with Crippen LogP contribution in [0.2, 0.25) is 0 Å². The maximum atomic E-state index is 10.1. The highest BCUT2D eigenvalue weighted by Crippen LogP contribution is 2.51. The standard InChI is InChI=1S/C55H39NO/c1-55(2)49-20-10-8-17-45(49)46-34-32-42(35-50(46)55)56(51-21-12-19-48-47-18-9-11-22-52(47)57-54(48)51)41-30-27-39(28-31-41)44-33-29-38-15-6-7-16-43(38)53(44)40-25-23-37(24-26-40)36-13-4-3-5-14-36/h3-35H,1-2H3/i1D3,2D3,8D,9D,10D,11D,12D,17D,18D,19D,20D,21D,22D,32D,34D,35D. The van der Waals surface area contributed by atoms with Crippen molar-refractivity contribution >= 4 is 49.8 Å². The maximum absolute atomic E-state index is 10.1. The van der Waals surface area contributed by atoms with E-state index >= 15 is 0 Å². The number of benzene rings is 9. The second-order valence-electron chi connectivity index (χ2n) is 13.7. The summed E-state index contributed by atoms with van der Waals surface area (Å²) in [5.41, 5.74) is -3.99. The smallest absolute Gasteiger partial charge is 0.159 e. The molecule has 0 saturated carbocycles. The molecule has 0 fully saturated rings. The third-order valence-corrected chi connectivity index (χ3v) is 10.5. The van der Waals surface area contributed by atoms with Crippen LogP contribution in [0.1, 0.15) is 52.2 Å². The highest BCUT2D eigenvalue weighted by Gasteiger charge is 2.36. The normalized spacial score (nSPS) is 18.3. The van der Waals surface area contributed by atoms with E-state index in [1.54, 1.807) is 12.1 Å². The molecule has 0 N–H and O–H groups in total. The summed E-state index contributed by atoms with van der Waals surface area (Å²) < 4.78 is 187. The first-order valence-electron chi connectivity index (χ1n) is 28.1. The zero-order valence-corrected chi connectivity index (χ0v) is 29.8. The molecule has 0 saturated heterocycles. The summed E-state index contributed by atoms with van der Waals surface area (Å²) in [5.74, 6) is 0. The van der Waals surface area contributed by atoms with Gasteiger partial charge in [-0.05, 0) is 103 Å². The number of hydrogen-bond donors (Lipinski definition) is 0. The van der Waals surface area contributed by atoms with E-state index in [9.17, 15) is 6.85 Å². The summed E-state index contributed by atoms with van der Waals surface area (Å²) in [4.78, 5) is 0.999. The summed E-state index contributed by atoms with van der Waals surface area (Å²) >= 11 is 0. The van der Waals surface area contributed by atoms with E-state index in [0.717, 1.165) is 43.5 Å². The van der Waals surface area contributed by atoms with Gasteiger partial charge in [-0.2, -0.15) is 0 Å². The SMILES string of the molecule is [2H]c1c([2H])c([2H])c2c(c1[2H])-c1c([2H])c([2H])c(N(c3ccc(-c4ccc5ccccc5c4-c4ccc(-c5ccccc5)cc4)cc3)c3c([2H])c([2H])c([2H])c4c3oc3c([2H])c([2H])c([2H])c([2H])c34)c([2H])c1C2(C([2H])([2H])[2H])C([2H])([2H])[2H]. The van der Waals surface area contributed by atoms with E-state index < -0.39 is 149 Å². The largest absolute Gasteiger partial charge is 0.454 e. The molecule has 1 aliphatic carbocycles. The molecule has 1 heterocycles. The van der Waals surface area contributed by atoms with Gasteiger partial charge in [0.25, 0.3) is 0 Å². The lowest BCUT2D eigenvalue weighted by molar-refractivity contribution is 0.660. The Hall–Kier alpha value is -7.16. The number of nitrogens with zero attached hydrogens (tertiary/aromatic N) is 1. The van der Waals surface area contributed by atoms with Gasteiger partial charge in [-0.15, -0.1) is 0 Å². The van der Waals surface area contributed by atoms with Crippen molar-refractivity contribution < 1.29 is 31.8 Å². The molecular weight excluding hydrogens is 691 g/mol. The highest BCUT2D eigenvalue weighted by atomic mass is 16.3. The van der Waals surface area contributed by atoms with Crippen molar-refractivity contribution in [3.63, 3.8) is 0 Å². The van der Waals surface area contributed by atoms with Gasteiger partial charge < -0.3 is 9.32 Å². The minimum absolute atomic E-state index is 0.0651. The zero-order valence-electron chi connectivity index (χ0n) is 49.8. The predicted molar refractivity (Wildman–Crippen MR) is 240 cm³/mol. The van der Waals surface area contributed by atoms with Crippen LogP contribution in [0.3, 0.4) is 0 Å². The third kappa shape index (κ3) is 5.33. The van der Waals surface area contributed by atoms with E-state index in [0.29, 0.717) is 5.56 Å². The van der Waals surface area contributed by atoms with E-state index in [4.69, 9.17) is 25.0 Å². The number of para-hydroxylation sites is 2. The van der Waals surface area contributed by atoms with Crippen molar-refractivity contribution in [1.29, 1.82) is 0 Å². The number of hydrogen-bond acceptors (Lipinski definition) is 2. The predicted octanol–water partition coefficient (Wildman–Crippen LogP) is 15.5. The second kappa shape index (κ2) is 13.0. The molecule has 10 aromatic rings. The molecule has 2 nitrogen and oxygen atoms in total. The highest BCUT2D eigenvalue weighted by molar-refractivity contribution is 6.10. The van der Waals surface area contributed by atoms with Gasteiger partial charge in [-0.3, -0.25) is 0 Å². The molecule has 2 heteroatoms. The quantitative estimate of drug-likeness (QED) is 0.168. The van der Waals surface area contributed by atoms with Crippen LogP contribution in [0.25, 0.3) is 77.2 Å². The first-order chi connectivity index (χ1) is 36.4. The summed E-state index contributed by atoms with van der Waals surface area (Å²) in [7, 11) is 0. The fourth-order valence-corrected chi connectivity index (χ4v) is 7.80. The molecule has 0 radical (unpaired) electrons. The molecular formula is C55H39NO. The lowest BCUT2D eigenvalue weighted by Crippen LogP contribution is -2.16. The fourth-order valence-electron chi connectivity index (χ4n) is 7.80. The van der Waals surface area contributed by atoms with Crippen LogP contribution in [0, 0.1) is 0 Å². The number of fused-ring (bicyclic) bond motifs is 7. The van der Waals surface area contributed by atoms with Crippen LogP contribution in [0.5, 0.6) is 0 Å². The summed E-state index contributed by atoms with van der Waals surface area (Å²) in [6.45, 7) is -7.51. The average molecular weight is 750 g/mol. The van der Waals surface area contributed by atoms with Gasteiger partial charge in [0.15, 0.2) is 5.58 Å². The van der Waals surface area contributed by atoms with Crippen molar-refractivity contribution in [2.75, 3.05) is 4.90 Å². The van der Waals surface area contributed by atoms with Crippen LogP contribution >= 0.6 is 0 Å². The molecule has 0 unspecified atom stereocenters. The van der Waals surface area contributed by atoms with E-state index in [1.807, 2.05) is 91.0 Å². The second-order valence-corrected chi connectivity index (χ2v) is 13.7.